The first-order valence-corrected chi connectivity index (χ1v) is 7.14. The van der Waals surface area contributed by atoms with Gasteiger partial charge in [-0.2, -0.15) is 9.40 Å². The van der Waals surface area contributed by atoms with E-state index in [1.54, 1.807) is 6.92 Å². The number of halogens is 1. The number of hydrogen-bond donors (Lipinski definition) is 2. The van der Waals surface area contributed by atoms with Crippen molar-refractivity contribution >= 4 is 15.7 Å². The fraction of sp³-hybridized carbons (Fsp3) is 0.273. The highest BCUT2D eigenvalue weighted by molar-refractivity contribution is 7.89. The van der Waals surface area contributed by atoms with Crippen LogP contribution in [0.3, 0.4) is 0 Å². The number of anilines is 1. The number of nitrogens with one attached hydrogen (secondary N) is 1. The summed E-state index contributed by atoms with van der Waals surface area (Å²) in [7, 11) is -2.55. The standard InChI is InChI=1S/C11H14FN5O2S/c1-7-14-11(16-15-7)6-17(2)20(18,19)10-5-8(12)3-4-9(10)13/h3-5H,6,13H2,1-2H3,(H,14,15,16). The molecule has 9 heteroatoms. The molecule has 0 fully saturated rings. The molecular weight excluding hydrogens is 285 g/mol. The van der Waals surface area contributed by atoms with Crippen LogP contribution >= 0.6 is 0 Å². The number of aryl methyl sites for hydroxylation is 1. The molecule has 0 radical (unpaired) electrons. The van der Waals surface area contributed by atoms with Gasteiger partial charge in [0.2, 0.25) is 10.0 Å². The van der Waals surface area contributed by atoms with Gasteiger partial charge in [0.15, 0.2) is 5.82 Å². The maximum Gasteiger partial charge on any atom is 0.245 e. The molecule has 7 nitrogen and oxygen atoms in total. The van der Waals surface area contributed by atoms with Crippen LogP contribution in [0.15, 0.2) is 23.1 Å². The maximum absolute atomic E-state index is 13.2. The van der Waals surface area contributed by atoms with Gasteiger partial charge in [0.25, 0.3) is 0 Å². The molecule has 0 unspecified atom stereocenters. The number of nitrogen functional groups attached to an aromatic ring is 1. The fourth-order valence-electron chi connectivity index (χ4n) is 1.64. The Bertz CT molecular complexity index is 728. The molecule has 0 aliphatic heterocycles. The maximum atomic E-state index is 13.2. The fourth-order valence-corrected chi connectivity index (χ4v) is 2.89. The lowest BCUT2D eigenvalue weighted by Crippen LogP contribution is -2.27. The van der Waals surface area contributed by atoms with Crippen molar-refractivity contribution in [2.75, 3.05) is 12.8 Å². The van der Waals surface area contributed by atoms with Crippen molar-refractivity contribution in [1.29, 1.82) is 0 Å². The highest BCUT2D eigenvalue weighted by atomic mass is 32.2. The molecule has 1 heterocycles. The van der Waals surface area contributed by atoms with E-state index in [1.807, 2.05) is 0 Å². The minimum Gasteiger partial charge on any atom is -0.398 e. The summed E-state index contributed by atoms with van der Waals surface area (Å²) in [6.07, 6.45) is 0. The van der Waals surface area contributed by atoms with Gasteiger partial charge in [-0.3, -0.25) is 5.10 Å². The van der Waals surface area contributed by atoms with Gasteiger partial charge in [-0.05, 0) is 25.1 Å². The summed E-state index contributed by atoms with van der Waals surface area (Å²) < 4.78 is 38.9. The van der Waals surface area contributed by atoms with Crippen LogP contribution in [0, 0.1) is 12.7 Å². The summed E-state index contributed by atoms with van der Waals surface area (Å²) in [6, 6.07) is 3.21. The molecule has 0 spiro atoms. The summed E-state index contributed by atoms with van der Waals surface area (Å²) in [4.78, 5) is 3.75. The van der Waals surface area contributed by atoms with Gasteiger partial charge in [-0.1, -0.05) is 0 Å². The Morgan fingerprint density at radius 2 is 2.15 bits per heavy atom. The zero-order valence-electron chi connectivity index (χ0n) is 11.0. The van der Waals surface area contributed by atoms with E-state index >= 15 is 0 Å². The second-order valence-corrected chi connectivity index (χ2v) is 6.29. The Morgan fingerprint density at radius 1 is 1.45 bits per heavy atom. The number of aromatic amines is 1. The van der Waals surface area contributed by atoms with Gasteiger partial charge >= 0.3 is 0 Å². The molecule has 2 aromatic rings. The number of aromatic nitrogens is 3. The Balaban J connectivity index is 2.32. The third kappa shape index (κ3) is 2.78. The van der Waals surface area contributed by atoms with E-state index in [-0.39, 0.29) is 17.1 Å². The second kappa shape index (κ2) is 5.17. The van der Waals surface area contributed by atoms with E-state index in [2.05, 4.69) is 15.2 Å². The molecule has 0 aliphatic carbocycles. The van der Waals surface area contributed by atoms with E-state index in [0.29, 0.717) is 11.6 Å². The topological polar surface area (TPSA) is 105 Å². The van der Waals surface area contributed by atoms with Crippen molar-refractivity contribution in [1.82, 2.24) is 19.5 Å². The SMILES string of the molecule is Cc1nc(CN(C)S(=O)(=O)c2cc(F)ccc2N)n[nH]1. The summed E-state index contributed by atoms with van der Waals surface area (Å²) in [5.74, 6) is 0.236. The van der Waals surface area contributed by atoms with Crippen LogP contribution in [0.25, 0.3) is 0 Å². The molecule has 0 saturated carbocycles. The Kier molecular flexibility index (Phi) is 3.73. The predicted molar refractivity (Wildman–Crippen MR) is 70.6 cm³/mol. The number of nitrogens with two attached hydrogens (primary N) is 1. The smallest absolute Gasteiger partial charge is 0.245 e. The van der Waals surface area contributed by atoms with Crippen LogP contribution in [0.5, 0.6) is 0 Å². The molecule has 3 N–H and O–H groups in total. The van der Waals surface area contributed by atoms with Crippen molar-refractivity contribution < 1.29 is 12.8 Å². The van der Waals surface area contributed by atoms with Crippen molar-refractivity contribution in [3.63, 3.8) is 0 Å². The first-order chi connectivity index (χ1) is 9.30. The molecule has 108 valence electrons. The van der Waals surface area contributed by atoms with Gasteiger partial charge in [-0.25, -0.2) is 17.8 Å². The number of sulfonamides is 1. The van der Waals surface area contributed by atoms with Crippen LogP contribution < -0.4 is 5.73 Å². The largest absolute Gasteiger partial charge is 0.398 e. The Labute approximate surface area is 115 Å². The molecule has 1 aromatic heterocycles. The van der Waals surface area contributed by atoms with E-state index < -0.39 is 15.8 Å². The lowest BCUT2D eigenvalue weighted by atomic mass is 10.3. The molecule has 0 amide bonds. The van der Waals surface area contributed by atoms with E-state index in [0.717, 1.165) is 16.4 Å². The molecule has 0 atom stereocenters. The van der Waals surface area contributed by atoms with Gasteiger partial charge in [0.05, 0.1) is 12.2 Å². The average molecular weight is 299 g/mol. The van der Waals surface area contributed by atoms with Crippen LogP contribution in [0.4, 0.5) is 10.1 Å². The van der Waals surface area contributed by atoms with E-state index in [9.17, 15) is 12.8 Å². The van der Waals surface area contributed by atoms with Crippen molar-refractivity contribution in [2.24, 2.45) is 0 Å². The monoisotopic (exact) mass is 299 g/mol. The lowest BCUT2D eigenvalue weighted by Gasteiger charge is -2.16. The van der Waals surface area contributed by atoms with E-state index in [4.69, 9.17) is 5.73 Å². The average Bonchev–Trinajstić information content (AvgIpc) is 2.77. The highest BCUT2D eigenvalue weighted by Crippen LogP contribution is 2.23. The normalized spacial score (nSPS) is 12.0. The minimum atomic E-state index is -3.91. The number of nitrogens with zero attached hydrogens (tertiary/aromatic N) is 3. The van der Waals surface area contributed by atoms with E-state index in [1.165, 1.54) is 13.1 Å². The minimum absolute atomic E-state index is 0.00980. The molecule has 0 saturated heterocycles. The van der Waals surface area contributed by atoms with Crippen LogP contribution in [0.1, 0.15) is 11.6 Å². The van der Waals surface area contributed by atoms with Gasteiger partial charge < -0.3 is 5.73 Å². The molecular formula is C11H14FN5O2S. The first-order valence-electron chi connectivity index (χ1n) is 5.70. The summed E-state index contributed by atoms with van der Waals surface area (Å²) in [6.45, 7) is 1.66. The molecule has 2 rings (SSSR count). The van der Waals surface area contributed by atoms with Gasteiger partial charge in [-0.15, -0.1) is 0 Å². The zero-order chi connectivity index (χ0) is 14.9. The number of rotatable bonds is 4. The van der Waals surface area contributed by atoms with Crippen molar-refractivity contribution in [3.05, 3.63) is 35.7 Å². The number of H-pyrrole nitrogens is 1. The number of benzene rings is 1. The lowest BCUT2D eigenvalue weighted by molar-refractivity contribution is 0.457. The van der Waals surface area contributed by atoms with Crippen LogP contribution in [0.2, 0.25) is 0 Å². The van der Waals surface area contributed by atoms with Crippen LogP contribution in [-0.4, -0.2) is 35.0 Å². The van der Waals surface area contributed by atoms with Gasteiger partial charge in [0, 0.05) is 7.05 Å². The summed E-state index contributed by atoms with van der Waals surface area (Å²) in [5, 5.41) is 6.47. The van der Waals surface area contributed by atoms with Crippen molar-refractivity contribution in [2.45, 2.75) is 18.4 Å². The molecule has 0 bridgehead atoms. The quantitative estimate of drug-likeness (QED) is 0.807. The molecule has 20 heavy (non-hydrogen) atoms. The van der Waals surface area contributed by atoms with Crippen LogP contribution in [-0.2, 0) is 16.6 Å². The Morgan fingerprint density at radius 3 is 2.75 bits per heavy atom. The van der Waals surface area contributed by atoms with Crippen molar-refractivity contribution in [3.8, 4) is 0 Å². The molecule has 1 aromatic carbocycles. The first kappa shape index (κ1) is 14.4. The third-order valence-corrected chi connectivity index (χ3v) is 4.53. The number of hydrogen-bond acceptors (Lipinski definition) is 5. The Hall–Kier alpha value is -2.00. The summed E-state index contributed by atoms with van der Waals surface area (Å²) >= 11 is 0. The zero-order valence-corrected chi connectivity index (χ0v) is 11.8. The third-order valence-electron chi connectivity index (χ3n) is 2.67. The predicted octanol–water partition coefficient (Wildman–Crippen LogP) is 0.655. The van der Waals surface area contributed by atoms with Gasteiger partial charge in [0.1, 0.15) is 16.5 Å². The molecule has 0 aliphatic rings. The second-order valence-electron chi connectivity index (χ2n) is 4.28. The summed E-state index contributed by atoms with van der Waals surface area (Å²) in [5.41, 5.74) is 5.59. The highest BCUT2D eigenvalue weighted by Gasteiger charge is 2.25.